The molecule has 68 heavy (non-hydrogen) atoms. The van der Waals surface area contributed by atoms with Crippen molar-refractivity contribution in [2.45, 2.75) is 128 Å². The number of aliphatic hydroxyl groups excluding tert-OH is 2. The SMILES string of the molecule is CC(C)CC(NC(=O)C(Cc1c[nH]c2ccccc12)NC(=O)C(CO)NC(=O)C(Cc1ccccc1)NC(=O)C(CC(=O)O)NC(=O)C(CC(C)C)NC(=O)C(C)NC(=O)C(N)C(C)O)C(=O)O. The van der Waals surface area contributed by atoms with Crippen LogP contribution < -0.4 is 43.0 Å². The smallest absolute Gasteiger partial charge is 0.326 e. The number of nitrogens with one attached hydrogen (secondary N) is 8. The Balaban J connectivity index is 1.88. The number of hydrogen-bond donors (Lipinski definition) is 13. The highest BCUT2D eigenvalue weighted by Gasteiger charge is 2.35. The van der Waals surface area contributed by atoms with E-state index in [9.17, 15) is 63.6 Å². The number of aromatic amines is 1. The van der Waals surface area contributed by atoms with Gasteiger partial charge in [-0.2, -0.15) is 0 Å². The predicted molar refractivity (Wildman–Crippen MR) is 247 cm³/mol. The molecule has 0 aliphatic heterocycles. The molecule has 3 aromatic rings. The number of benzene rings is 2. The third-order valence-corrected chi connectivity index (χ3v) is 10.7. The molecular formula is C46H65N9O13. The molecule has 14 N–H and O–H groups in total. The third-order valence-electron chi connectivity index (χ3n) is 10.7. The van der Waals surface area contributed by atoms with Crippen LogP contribution >= 0.6 is 0 Å². The van der Waals surface area contributed by atoms with Crippen LogP contribution in [0.15, 0.2) is 60.8 Å². The number of hydrogen-bond acceptors (Lipinski definition) is 12. The lowest BCUT2D eigenvalue weighted by Gasteiger charge is -2.27. The second kappa shape index (κ2) is 26.4. The van der Waals surface area contributed by atoms with Crippen LogP contribution in [0.2, 0.25) is 0 Å². The first-order valence-corrected chi connectivity index (χ1v) is 22.2. The van der Waals surface area contributed by atoms with Crippen molar-refractivity contribution < 1.29 is 63.6 Å². The Labute approximate surface area is 393 Å². The molecule has 0 spiro atoms. The molecule has 22 heteroatoms. The summed E-state index contributed by atoms with van der Waals surface area (Å²) in [6, 6.07) is 3.57. The summed E-state index contributed by atoms with van der Waals surface area (Å²) in [5.74, 6) is -9.90. The predicted octanol–water partition coefficient (Wildman–Crippen LogP) is -1.28. The van der Waals surface area contributed by atoms with Gasteiger partial charge in [0.05, 0.1) is 19.1 Å². The van der Waals surface area contributed by atoms with Gasteiger partial charge in [0.25, 0.3) is 0 Å². The fourth-order valence-electron chi connectivity index (χ4n) is 7.02. The van der Waals surface area contributed by atoms with Gasteiger partial charge in [-0.25, -0.2) is 4.79 Å². The number of aliphatic hydroxyl groups is 2. The zero-order chi connectivity index (χ0) is 50.8. The van der Waals surface area contributed by atoms with Crippen LogP contribution in [0.1, 0.15) is 71.9 Å². The lowest BCUT2D eigenvalue weighted by atomic mass is 10.0. The minimum absolute atomic E-state index is 0.00112. The molecule has 0 fully saturated rings. The first-order chi connectivity index (χ1) is 32.0. The Morgan fingerprint density at radius 1 is 0.559 bits per heavy atom. The second-order valence-corrected chi connectivity index (χ2v) is 17.5. The monoisotopic (exact) mass is 951 g/mol. The van der Waals surface area contributed by atoms with Crippen molar-refractivity contribution in [3.63, 3.8) is 0 Å². The Bertz CT molecular complexity index is 2230. The van der Waals surface area contributed by atoms with Gasteiger partial charge < -0.3 is 68.4 Å². The number of carbonyl (C=O) groups is 9. The minimum Gasteiger partial charge on any atom is -0.481 e. The number of carboxylic acids is 2. The maximum absolute atomic E-state index is 14.1. The van der Waals surface area contributed by atoms with E-state index in [1.807, 2.05) is 0 Å². The molecule has 1 aromatic heterocycles. The van der Waals surface area contributed by atoms with Gasteiger partial charge in [-0.3, -0.25) is 38.4 Å². The molecule has 0 saturated carbocycles. The first-order valence-electron chi connectivity index (χ1n) is 22.2. The van der Waals surface area contributed by atoms with E-state index in [2.05, 4.69) is 42.2 Å². The number of aliphatic carboxylic acids is 2. The fraction of sp³-hybridized carbons (Fsp3) is 0.500. The summed E-state index contributed by atoms with van der Waals surface area (Å²) in [6.07, 6.45) is -0.884. The maximum atomic E-state index is 14.1. The van der Waals surface area contributed by atoms with Crippen LogP contribution in [0.4, 0.5) is 0 Å². The number of nitrogens with two attached hydrogens (primary N) is 1. The number of fused-ring (bicyclic) bond motifs is 1. The summed E-state index contributed by atoms with van der Waals surface area (Å²) < 4.78 is 0. The van der Waals surface area contributed by atoms with Crippen molar-refractivity contribution >= 4 is 64.2 Å². The van der Waals surface area contributed by atoms with Crippen molar-refractivity contribution in [3.8, 4) is 0 Å². The molecule has 9 unspecified atom stereocenters. The molecule has 0 bridgehead atoms. The molecule has 372 valence electrons. The van der Waals surface area contributed by atoms with Gasteiger partial charge in [0.1, 0.15) is 48.3 Å². The van der Waals surface area contributed by atoms with E-state index in [1.165, 1.54) is 13.8 Å². The summed E-state index contributed by atoms with van der Waals surface area (Å²) in [7, 11) is 0. The molecule has 1 heterocycles. The molecule has 0 aliphatic carbocycles. The normalized spacial score (nSPS) is 15.3. The molecule has 0 saturated heterocycles. The average Bonchev–Trinajstić information content (AvgIpc) is 3.68. The van der Waals surface area contributed by atoms with E-state index < -0.39 is 121 Å². The van der Waals surface area contributed by atoms with Gasteiger partial charge in [0, 0.05) is 29.9 Å². The quantitative estimate of drug-likeness (QED) is 0.0424. The topological polar surface area (TPSA) is 361 Å². The lowest BCUT2D eigenvalue weighted by Crippen LogP contribution is -2.61. The van der Waals surface area contributed by atoms with Crippen molar-refractivity contribution in [1.29, 1.82) is 0 Å². The first kappa shape index (κ1) is 55.4. The number of H-pyrrole nitrogens is 1. The van der Waals surface area contributed by atoms with Gasteiger partial charge in [0.2, 0.25) is 41.4 Å². The number of para-hydroxylation sites is 1. The van der Waals surface area contributed by atoms with E-state index in [-0.39, 0.29) is 37.5 Å². The Morgan fingerprint density at radius 3 is 1.59 bits per heavy atom. The van der Waals surface area contributed by atoms with Crippen LogP contribution in [0.5, 0.6) is 0 Å². The van der Waals surface area contributed by atoms with E-state index in [1.54, 1.807) is 88.5 Å². The Morgan fingerprint density at radius 2 is 1.03 bits per heavy atom. The van der Waals surface area contributed by atoms with Crippen LogP contribution in [0.25, 0.3) is 10.9 Å². The number of amides is 7. The highest BCUT2D eigenvalue weighted by Crippen LogP contribution is 2.20. The zero-order valence-corrected chi connectivity index (χ0v) is 38.9. The molecular weight excluding hydrogens is 887 g/mol. The Kier molecular flexibility index (Phi) is 21.5. The van der Waals surface area contributed by atoms with E-state index in [0.29, 0.717) is 11.1 Å². The molecule has 0 radical (unpaired) electrons. The average molecular weight is 952 g/mol. The summed E-state index contributed by atoms with van der Waals surface area (Å²) in [4.78, 5) is 122. The Hall–Kier alpha value is -6.91. The van der Waals surface area contributed by atoms with Gasteiger partial charge in [-0.15, -0.1) is 0 Å². The van der Waals surface area contributed by atoms with E-state index in [4.69, 9.17) is 5.73 Å². The maximum Gasteiger partial charge on any atom is 0.326 e. The van der Waals surface area contributed by atoms with Gasteiger partial charge in [-0.05, 0) is 55.7 Å². The van der Waals surface area contributed by atoms with Gasteiger partial charge >= 0.3 is 11.9 Å². The van der Waals surface area contributed by atoms with Crippen molar-refractivity contribution in [2.24, 2.45) is 17.6 Å². The minimum atomic E-state index is -1.83. The summed E-state index contributed by atoms with van der Waals surface area (Å²) in [6.45, 7) is 8.59. The molecule has 0 aliphatic rings. The van der Waals surface area contributed by atoms with E-state index >= 15 is 0 Å². The van der Waals surface area contributed by atoms with Crippen LogP contribution in [0.3, 0.4) is 0 Å². The molecule has 22 nitrogen and oxygen atoms in total. The standard InChI is InChI=1S/C46H65N9O13/c1-23(2)16-31(50-39(60)25(5)49-45(66)38(47)26(6)57)40(61)53-34(20-37(58)59)43(64)51-32(18-27-12-8-7-9-13-27)41(62)55-36(22-56)44(65)52-33(42(63)54-35(46(67)68)17-24(3)4)19-28-21-48-30-15-11-10-14-29(28)30/h7-15,21,23-26,31-36,38,48,56-57H,16-20,22,47H2,1-6H3,(H,49,66)(H,50,60)(H,51,64)(H,52,65)(H,53,61)(H,54,63)(H,55,62)(H,58,59)(H,67,68). The molecule has 2 aromatic carbocycles. The summed E-state index contributed by atoms with van der Waals surface area (Å²) in [5.41, 5.74) is 7.46. The summed E-state index contributed by atoms with van der Waals surface area (Å²) in [5, 5.41) is 57.4. The van der Waals surface area contributed by atoms with Crippen LogP contribution in [-0.4, -0.2) is 140 Å². The van der Waals surface area contributed by atoms with Gasteiger partial charge in [0.15, 0.2) is 0 Å². The van der Waals surface area contributed by atoms with E-state index in [0.717, 1.165) is 10.9 Å². The number of rotatable bonds is 27. The highest BCUT2D eigenvalue weighted by molar-refractivity contribution is 5.99. The molecule has 3 rings (SSSR count). The second-order valence-electron chi connectivity index (χ2n) is 17.5. The van der Waals surface area contributed by atoms with Crippen molar-refractivity contribution in [2.75, 3.05) is 6.61 Å². The largest absolute Gasteiger partial charge is 0.481 e. The number of carbonyl (C=O) groups excluding carboxylic acids is 7. The fourth-order valence-corrected chi connectivity index (χ4v) is 7.02. The lowest BCUT2D eigenvalue weighted by molar-refractivity contribution is -0.143. The van der Waals surface area contributed by atoms with Gasteiger partial charge in [-0.1, -0.05) is 76.2 Å². The van der Waals surface area contributed by atoms with Crippen molar-refractivity contribution in [3.05, 3.63) is 71.9 Å². The third kappa shape index (κ3) is 17.4. The number of aromatic nitrogens is 1. The zero-order valence-electron chi connectivity index (χ0n) is 38.9. The van der Waals surface area contributed by atoms with Crippen LogP contribution in [-0.2, 0) is 56.0 Å². The highest BCUT2D eigenvalue weighted by atomic mass is 16.4. The number of carboxylic acid groups (broad SMARTS) is 2. The van der Waals surface area contributed by atoms with Crippen molar-refractivity contribution in [1.82, 2.24) is 42.2 Å². The summed E-state index contributed by atoms with van der Waals surface area (Å²) >= 11 is 0. The van der Waals surface area contributed by atoms with Crippen LogP contribution in [0, 0.1) is 11.8 Å². The molecule has 9 atom stereocenters. The molecule has 7 amide bonds.